The van der Waals surface area contributed by atoms with Crippen LogP contribution in [0.15, 0.2) is 110 Å². The largest absolute Gasteiger partial charge is 0.277 e. The van der Waals surface area contributed by atoms with E-state index in [1.807, 2.05) is 0 Å². The highest BCUT2D eigenvalue weighted by molar-refractivity contribution is 9.10. The van der Waals surface area contributed by atoms with Crippen LogP contribution in [0.4, 0.5) is 11.4 Å². The summed E-state index contributed by atoms with van der Waals surface area (Å²) in [5, 5.41) is 0.532. The van der Waals surface area contributed by atoms with E-state index in [-0.39, 0.29) is 56.8 Å². The van der Waals surface area contributed by atoms with Gasteiger partial charge >= 0.3 is 0 Å². The first kappa shape index (κ1) is 41.2. The fourth-order valence-corrected chi connectivity index (χ4v) is 13.4. The summed E-state index contributed by atoms with van der Waals surface area (Å²) in [4.78, 5) is -1.33. The Bertz CT molecular complexity index is 2400. The minimum Gasteiger partial charge on any atom is -0.266 e. The Morgan fingerprint density at radius 3 is 1.38 bits per heavy atom. The van der Waals surface area contributed by atoms with Gasteiger partial charge in [-0.3, -0.25) is 4.31 Å². The molecule has 5 aromatic rings. The van der Waals surface area contributed by atoms with Crippen LogP contribution in [-0.4, -0.2) is 31.8 Å². The van der Waals surface area contributed by atoms with Crippen molar-refractivity contribution in [3.05, 3.63) is 142 Å². The summed E-state index contributed by atoms with van der Waals surface area (Å²) in [7, 11) is -14.7. The van der Waals surface area contributed by atoms with Crippen molar-refractivity contribution in [1.29, 1.82) is 0 Å². The summed E-state index contributed by atoms with van der Waals surface area (Å²) < 4.78 is 88.0. The number of aryl methyl sites for hydroxylation is 1. The van der Waals surface area contributed by atoms with Gasteiger partial charge in [-0.1, -0.05) is 81.2 Å². The van der Waals surface area contributed by atoms with Crippen LogP contribution >= 0.6 is 97.1 Å². The van der Waals surface area contributed by atoms with Crippen LogP contribution in [0.3, 0.4) is 0 Å². The Balaban J connectivity index is 1.78. The fourth-order valence-electron chi connectivity index (χ4n) is 5.08. The molecular formula is C33H22BrCl7N2O6S3. The van der Waals surface area contributed by atoms with Crippen molar-refractivity contribution in [1.82, 2.24) is 0 Å². The zero-order valence-electron chi connectivity index (χ0n) is 26.2. The number of sulfonamides is 3. The van der Waals surface area contributed by atoms with E-state index in [2.05, 4.69) is 15.9 Å². The highest BCUT2D eigenvalue weighted by Gasteiger charge is 2.40. The predicted octanol–water partition coefficient (Wildman–Crippen LogP) is 11.4. The molecule has 5 rings (SSSR count). The lowest BCUT2D eigenvalue weighted by Crippen LogP contribution is -2.38. The Hall–Kier alpha value is -1.94. The number of halogens is 8. The molecule has 0 aliphatic rings. The van der Waals surface area contributed by atoms with Gasteiger partial charge in [-0.25, -0.2) is 25.3 Å². The molecule has 0 amide bonds. The van der Waals surface area contributed by atoms with Gasteiger partial charge in [0, 0.05) is 46.2 Å². The second kappa shape index (κ2) is 16.0. The van der Waals surface area contributed by atoms with Crippen LogP contribution in [0.25, 0.3) is 0 Å². The molecule has 0 aliphatic heterocycles. The molecule has 0 saturated carbocycles. The van der Waals surface area contributed by atoms with Crippen LogP contribution in [-0.2, 0) is 36.5 Å². The maximum Gasteiger partial charge on any atom is 0.277 e. The van der Waals surface area contributed by atoms with Gasteiger partial charge in [0.15, 0.2) is 0 Å². The number of nitrogens with zero attached hydrogens (tertiary/aromatic N) is 2. The lowest BCUT2D eigenvalue weighted by molar-refractivity contribution is 0.583. The average Bonchev–Trinajstić information content (AvgIpc) is 3.00. The first-order valence-corrected chi connectivity index (χ1v) is 22.2. The summed E-state index contributed by atoms with van der Waals surface area (Å²) in [5.41, 5.74) is 0.367. The van der Waals surface area contributed by atoms with Gasteiger partial charge in [-0.2, -0.15) is 3.71 Å². The van der Waals surface area contributed by atoms with Crippen molar-refractivity contribution in [2.24, 2.45) is 0 Å². The Morgan fingerprint density at radius 1 is 0.519 bits per heavy atom. The maximum absolute atomic E-state index is 14.5. The van der Waals surface area contributed by atoms with Crippen LogP contribution in [0.5, 0.6) is 0 Å². The molecule has 0 N–H and O–H groups in total. The van der Waals surface area contributed by atoms with E-state index in [9.17, 15) is 25.3 Å². The number of hydrogen-bond acceptors (Lipinski definition) is 6. The van der Waals surface area contributed by atoms with Gasteiger partial charge in [-0.05, 0) is 131 Å². The molecule has 5 aromatic carbocycles. The second-order valence-electron chi connectivity index (χ2n) is 11.1. The Kier molecular flexibility index (Phi) is 12.7. The SMILES string of the molecule is Cc1cc(Cl)cc(S(=O)(=O)N(c2cc(N(CCc3cc(Cl)cc(Cl)c3)S(=O)(=O)c3cc(Cl)cc(Cl)c3)ccc2Br)S(=O)(=O)c2cc(Cl)cc(Cl)c2)c1. The molecule has 274 valence electrons. The maximum atomic E-state index is 14.5. The van der Waals surface area contributed by atoms with Crippen molar-refractivity contribution >= 4 is 139 Å². The van der Waals surface area contributed by atoms with Crippen molar-refractivity contribution in [3.8, 4) is 0 Å². The quantitative estimate of drug-likeness (QED) is 0.130. The van der Waals surface area contributed by atoms with Crippen LogP contribution in [0.1, 0.15) is 11.1 Å². The lowest BCUT2D eigenvalue weighted by atomic mass is 10.1. The van der Waals surface area contributed by atoms with E-state index in [4.69, 9.17) is 81.2 Å². The van der Waals surface area contributed by atoms with E-state index >= 15 is 0 Å². The highest BCUT2D eigenvalue weighted by atomic mass is 79.9. The smallest absolute Gasteiger partial charge is 0.266 e. The van der Waals surface area contributed by atoms with Crippen LogP contribution in [0.2, 0.25) is 35.2 Å². The summed E-state index contributed by atoms with van der Waals surface area (Å²) in [6.45, 7) is 1.32. The summed E-state index contributed by atoms with van der Waals surface area (Å²) in [6.07, 6.45) is 0.0579. The van der Waals surface area contributed by atoms with Crippen LogP contribution in [0, 0.1) is 6.92 Å². The average molecular weight is 967 g/mol. The zero-order valence-corrected chi connectivity index (χ0v) is 35.5. The molecule has 0 aliphatic carbocycles. The van der Waals surface area contributed by atoms with Gasteiger partial charge in [0.2, 0.25) is 0 Å². The van der Waals surface area contributed by atoms with Gasteiger partial charge in [0.05, 0.1) is 26.1 Å². The van der Waals surface area contributed by atoms with Crippen molar-refractivity contribution < 1.29 is 25.3 Å². The summed E-state index contributed by atoms with van der Waals surface area (Å²) in [5.74, 6) is 0. The zero-order chi connectivity index (χ0) is 38.3. The molecule has 0 aromatic heterocycles. The molecule has 19 heteroatoms. The molecule has 0 atom stereocenters. The molecule has 8 nitrogen and oxygen atoms in total. The van der Waals surface area contributed by atoms with E-state index < -0.39 is 45.5 Å². The van der Waals surface area contributed by atoms with Crippen LogP contribution < -0.4 is 8.02 Å². The van der Waals surface area contributed by atoms with Crippen molar-refractivity contribution in [2.75, 3.05) is 14.6 Å². The first-order valence-electron chi connectivity index (χ1n) is 14.5. The van der Waals surface area contributed by atoms with E-state index in [1.165, 1.54) is 54.6 Å². The second-order valence-corrected chi connectivity index (χ2v) is 20.7. The van der Waals surface area contributed by atoms with Crippen molar-refractivity contribution in [3.63, 3.8) is 0 Å². The van der Waals surface area contributed by atoms with Gasteiger partial charge < -0.3 is 0 Å². The standard InChI is InChI=1S/C33H22BrCl7N2O6S3/c1-19-6-21(35)13-29(7-19)51(46,47)43(52(48,49)31-16-26(40)12-27(41)17-31)33-18-28(2-3-32(33)34)42(5-4-20-8-22(36)10-23(37)9-20)50(44,45)30-14-24(38)11-25(39)15-30/h2-3,6-18H,4-5H2,1H3. The molecule has 0 saturated heterocycles. The fraction of sp³-hybridized carbons (Fsp3) is 0.0909. The third kappa shape index (κ3) is 9.12. The van der Waals surface area contributed by atoms with Gasteiger partial charge in [0.25, 0.3) is 30.1 Å². The third-order valence-electron chi connectivity index (χ3n) is 7.25. The molecule has 0 radical (unpaired) electrons. The Labute approximate surface area is 345 Å². The molecule has 0 bridgehead atoms. The third-order valence-corrected chi connectivity index (χ3v) is 15.4. The monoisotopic (exact) mass is 962 g/mol. The lowest BCUT2D eigenvalue weighted by Gasteiger charge is -2.29. The number of benzene rings is 5. The summed E-state index contributed by atoms with van der Waals surface area (Å²) in [6, 6.07) is 19.4. The number of hydrogen-bond donors (Lipinski definition) is 0. The number of anilines is 2. The minimum absolute atomic E-state index is 0.0214. The molecule has 52 heavy (non-hydrogen) atoms. The first-order chi connectivity index (χ1) is 24.2. The topological polar surface area (TPSA) is 109 Å². The molecular weight excluding hydrogens is 945 g/mol. The molecule has 0 fully saturated rings. The summed E-state index contributed by atoms with van der Waals surface area (Å²) >= 11 is 46.6. The van der Waals surface area contributed by atoms with Gasteiger partial charge in [-0.15, -0.1) is 0 Å². The van der Waals surface area contributed by atoms with E-state index in [0.717, 1.165) is 28.6 Å². The van der Waals surface area contributed by atoms with Gasteiger partial charge in [0.1, 0.15) is 0 Å². The van der Waals surface area contributed by atoms with E-state index in [1.54, 1.807) is 19.1 Å². The molecule has 0 spiro atoms. The van der Waals surface area contributed by atoms with Crippen molar-refractivity contribution in [2.45, 2.75) is 28.0 Å². The molecule has 0 unspecified atom stereocenters. The molecule has 0 heterocycles. The van der Waals surface area contributed by atoms with E-state index in [0.29, 0.717) is 21.2 Å². The predicted molar refractivity (Wildman–Crippen MR) is 215 cm³/mol. The normalized spacial score (nSPS) is 12.2. The Morgan fingerprint density at radius 2 is 0.923 bits per heavy atom. The highest BCUT2D eigenvalue weighted by Crippen LogP contribution is 2.41. The number of rotatable bonds is 11. The minimum atomic E-state index is -5.09.